The van der Waals surface area contributed by atoms with E-state index in [2.05, 4.69) is 24.5 Å². The van der Waals surface area contributed by atoms with Gasteiger partial charge in [-0.15, -0.1) is 0 Å². The number of nitrogens with one attached hydrogen (secondary N) is 2. The van der Waals surface area contributed by atoms with E-state index >= 15 is 0 Å². The lowest BCUT2D eigenvalue weighted by molar-refractivity contribution is -0.116. The van der Waals surface area contributed by atoms with Crippen molar-refractivity contribution in [2.75, 3.05) is 17.2 Å². The van der Waals surface area contributed by atoms with Gasteiger partial charge in [-0.3, -0.25) is 9.59 Å². The molecule has 0 aliphatic carbocycles. The molecule has 5 nitrogen and oxygen atoms in total. The van der Waals surface area contributed by atoms with Crippen molar-refractivity contribution >= 4 is 23.2 Å². The zero-order chi connectivity index (χ0) is 18.9. The van der Waals surface area contributed by atoms with Crippen molar-refractivity contribution in [1.29, 1.82) is 0 Å². The lowest BCUT2D eigenvalue weighted by Crippen LogP contribution is -2.13. The van der Waals surface area contributed by atoms with Crippen LogP contribution in [0.3, 0.4) is 0 Å². The molecule has 0 spiro atoms. The van der Waals surface area contributed by atoms with Gasteiger partial charge in [-0.25, -0.2) is 0 Å². The van der Waals surface area contributed by atoms with E-state index in [-0.39, 0.29) is 11.8 Å². The second-order valence-electron chi connectivity index (χ2n) is 6.56. The Hall–Kier alpha value is -2.82. The summed E-state index contributed by atoms with van der Waals surface area (Å²) in [6.45, 7) is 6.76. The Morgan fingerprint density at radius 2 is 1.65 bits per heavy atom. The van der Waals surface area contributed by atoms with Gasteiger partial charge >= 0.3 is 0 Å². The van der Waals surface area contributed by atoms with E-state index in [1.165, 1.54) is 0 Å². The van der Waals surface area contributed by atoms with Crippen LogP contribution in [-0.2, 0) is 4.79 Å². The summed E-state index contributed by atoms with van der Waals surface area (Å²) < 4.78 is 5.62. The highest BCUT2D eigenvalue weighted by atomic mass is 16.5. The van der Waals surface area contributed by atoms with E-state index in [1.54, 1.807) is 48.5 Å². The van der Waals surface area contributed by atoms with E-state index < -0.39 is 0 Å². The van der Waals surface area contributed by atoms with E-state index in [1.807, 2.05) is 6.92 Å². The summed E-state index contributed by atoms with van der Waals surface area (Å²) in [5.41, 5.74) is 1.84. The van der Waals surface area contributed by atoms with Crippen molar-refractivity contribution in [2.24, 2.45) is 5.92 Å². The molecule has 26 heavy (non-hydrogen) atoms. The van der Waals surface area contributed by atoms with E-state index in [9.17, 15) is 9.59 Å². The summed E-state index contributed by atoms with van der Waals surface area (Å²) >= 11 is 0. The number of carbonyl (C=O) groups excluding carboxylic acids is 2. The average Bonchev–Trinajstić information content (AvgIpc) is 2.61. The predicted octanol–water partition coefficient (Wildman–Crippen LogP) is 4.71. The standard InChI is InChI=1S/C21H26N2O3/c1-4-6-20(24)22-17-7-5-8-18(13-17)23-21(25)16-9-11-19(12-10-16)26-14-15(2)3/h5,7-13,15H,4,6,14H2,1-3H3,(H,22,24)(H,23,25). The highest BCUT2D eigenvalue weighted by molar-refractivity contribution is 6.04. The molecule has 2 amide bonds. The Bertz CT molecular complexity index is 739. The van der Waals surface area contributed by atoms with E-state index in [0.29, 0.717) is 35.9 Å². The maximum atomic E-state index is 12.4. The van der Waals surface area contributed by atoms with Gasteiger partial charge in [0, 0.05) is 23.4 Å². The summed E-state index contributed by atoms with van der Waals surface area (Å²) in [6.07, 6.45) is 1.26. The Labute approximate surface area is 154 Å². The zero-order valence-electron chi connectivity index (χ0n) is 15.5. The molecule has 0 bridgehead atoms. The summed E-state index contributed by atoms with van der Waals surface area (Å²) in [5, 5.41) is 5.66. The van der Waals surface area contributed by atoms with Crippen LogP contribution in [0.25, 0.3) is 0 Å². The Morgan fingerprint density at radius 1 is 1.00 bits per heavy atom. The monoisotopic (exact) mass is 354 g/mol. The van der Waals surface area contributed by atoms with Crippen LogP contribution in [0, 0.1) is 5.92 Å². The molecule has 0 aliphatic rings. The Kier molecular flexibility index (Phi) is 7.21. The van der Waals surface area contributed by atoms with E-state index in [0.717, 1.165) is 12.2 Å². The maximum absolute atomic E-state index is 12.4. The summed E-state index contributed by atoms with van der Waals surface area (Å²) in [6, 6.07) is 14.2. The number of carbonyl (C=O) groups is 2. The van der Waals surface area contributed by atoms with Gasteiger partial charge in [0.2, 0.25) is 5.91 Å². The fraction of sp³-hybridized carbons (Fsp3) is 0.333. The predicted molar refractivity (Wildman–Crippen MR) is 105 cm³/mol. The van der Waals surface area contributed by atoms with Gasteiger partial charge in [0.05, 0.1) is 6.61 Å². The number of benzene rings is 2. The van der Waals surface area contributed by atoms with Crippen LogP contribution < -0.4 is 15.4 Å². The minimum Gasteiger partial charge on any atom is -0.493 e. The molecule has 0 radical (unpaired) electrons. The molecular formula is C21H26N2O3. The second-order valence-corrected chi connectivity index (χ2v) is 6.56. The topological polar surface area (TPSA) is 67.4 Å². The third-order valence-corrected chi connectivity index (χ3v) is 3.58. The van der Waals surface area contributed by atoms with Crippen LogP contribution in [0.5, 0.6) is 5.75 Å². The molecule has 138 valence electrons. The quantitative estimate of drug-likeness (QED) is 0.721. The van der Waals surface area contributed by atoms with Crippen molar-refractivity contribution < 1.29 is 14.3 Å². The molecular weight excluding hydrogens is 328 g/mol. The van der Waals surface area contributed by atoms with Gasteiger partial charge < -0.3 is 15.4 Å². The van der Waals surface area contributed by atoms with Crippen LogP contribution in [0.15, 0.2) is 48.5 Å². The molecule has 0 unspecified atom stereocenters. The van der Waals surface area contributed by atoms with Crippen molar-refractivity contribution in [3.63, 3.8) is 0 Å². The molecule has 2 aromatic rings. The fourth-order valence-corrected chi connectivity index (χ4v) is 2.29. The first-order chi connectivity index (χ1) is 12.5. The molecule has 0 heterocycles. The minimum atomic E-state index is -0.211. The number of rotatable bonds is 8. The second kappa shape index (κ2) is 9.61. The lowest BCUT2D eigenvalue weighted by Gasteiger charge is -2.10. The maximum Gasteiger partial charge on any atom is 0.255 e. The molecule has 5 heteroatoms. The number of amides is 2. The van der Waals surface area contributed by atoms with Crippen molar-refractivity contribution in [2.45, 2.75) is 33.6 Å². The highest BCUT2D eigenvalue weighted by Crippen LogP contribution is 2.18. The largest absolute Gasteiger partial charge is 0.493 e. The zero-order valence-corrected chi connectivity index (χ0v) is 15.5. The smallest absolute Gasteiger partial charge is 0.255 e. The van der Waals surface area contributed by atoms with Crippen LogP contribution in [-0.4, -0.2) is 18.4 Å². The minimum absolute atomic E-state index is 0.0343. The summed E-state index contributed by atoms with van der Waals surface area (Å²) in [4.78, 5) is 24.1. The van der Waals surface area contributed by atoms with Crippen LogP contribution >= 0.6 is 0 Å². The molecule has 2 rings (SSSR count). The number of hydrogen-bond donors (Lipinski definition) is 2. The van der Waals surface area contributed by atoms with Crippen LogP contribution in [0.2, 0.25) is 0 Å². The number of hydrogen-bond acceptors (Lipinski definition) is 3. The van der Waals surface area contributed by atoms with Crippen molar-refractivity contribution in [3.05, 3.63) is 54.1 Å². The van der Waals surface area contributed by atoms with E-state index in [4.69, 9.17) is 4.74 Å². The molecule has 0 aliphatic heterocycles. The summed E-state index contributed by atoms with van der Waals surface area (Å²) in [7, 11) is 0. The molecule has 0 atom stereocenters. The first kappa shape index (κ1) is 19.5. The third kappa shape index (κ3) is 6.24. The Balaban J connectivity index is 1.97. The van der Waals surface area contributed by atoms with Gasteiger partial charge in [0.15, 0.2) is 0 Å². The first-order valence-corrected chi connectivity index (χ1v) is 8.92. The van der Waals surface area contributed by atoms with Crippen LogP contribution in [0.1, 0.15) is 44.0 Å². The third-order valence-electron chi connectivity index (χ3n) is 3.58. The number of anilines is 2. The van der Waals surface area contributed by atoms with Crippen LogP contribution in [0.4, 0.5) is 11.4 Å². The molecule has 0 saturated heterocycles. The molecule has 0 aromatic heterocycles. The van der Waals surface area contributed by atoms with Gasteiger partial charge in [0.25, 0.3) is 5.91 Å². The van der Waals surface area contributed by atoms with Crippen molar-refractivity contribution in [3.8, 4) is 5.75 Å². The summed E-state index contributed by atoms with van der Waals surface area (Å²) in [5.74, 6) is 0.948. The average molecular weight is 354 g/mol. The fourth-order valence-electron chi connectivity index (χ4n) is 2.29. The van der Waals surface area contributed by atoms with Gasteiger partial charge in [-0.1, -0.05) is 26.8 Å². The van der Waals surface area contributed by atoms with Gasteiger partial charge in [0.1, 0.15) is 5.75 Å². The first-order valence-electron chi connectivity index (χ1n) is 8.92. The number of ether oxygens (including phenoxy) is 1. The SMILES string of the molecule is CCCC(=O)Nc1cccc(NC(=O)c2ccc(OCC(C)C)cc2)c1. The lowest BCUT2D eigenvalue weighted by atomic mass is 10.2. The normalized spacial score (nSPS) is 10.5. The molecule has 0 saturated carbocycles. The Morgan fingerprint density at radius 3 is 2.27 bits per heavy atom. The van der Waals surface area contributed by atoms with Crippen molar-refractivity contribution in [1.82, 2.24) is 0 Å². The molecule has 0 fully saturated rings. The van der Waals surface area contributed by atoms with Gasteiger partial charge in [-0.2, -0.15) is 0 Å². The van der Waals surface area contributed by atoms with Gasteiger partial charge in [-0.05, 0) is 54.8 Å². The molecule has 2 aromatic carbocycles. The molecule has 2 N–H and O–H groups in total. The highest BCUT2D eigenvalue weighted by Gasteiger charge is 2.08.